The molecule has 15 heavy (non-hydrogen) atoms. The fourth-order valence-corrected chi connectivity index (χ4v) is 1.92. The van der Waals surface area contributed by atoms with Crippen molar-refractivity contribution in [1.29, 1.82) is 0 Å². The Bertz CT molecular complexity index is 211. The highest BCUT2D eigenvalue weighted by atomic mass is 35.5. The summed E-state index contributed by atoms with van der Waals surface area (Å²) < 4.78 is 5.50. The van der Waals surface area contributed by atoms with Gasteiger partial charge in [0.25, 0.3) is 0 Å². The van der Waals surface area contributed by atoms with Crippen molar-refractivity contribution in [1.82, 2.24) is 4.90 Å². The summed E-state index contributed by atoms with van der Waals surface area (Å²) in [5, 5.41) is 0. The van der Waals surface area contributed by atoms with Gasteiger partial charge in [-0.1, -0.05) is 13.3 Å². The third-order valence-corrected chi connectivity index (χ3v) is 3.09. The van der Waals surface area contributed by atoms with Crippen LogP contribution < -0.4 is 0 Å². The van der Waals surface area contributed by atoms with Crippen LogP contribution in [-0.2, 0) is 9.53 Å². The van der Waals surface area contributed by atoms with E-state index in [1.54, 1.807) is 0 Å². The summed E-state index contributed by atoms with van der Waals surface area (Å²) in [7, 11) is 0. The van der Waals surface area contributed by atoms with Gasteiger partial charge >= 0.3 is 0 Å². The number of nitrogens with zero attached hydrogens (tertiary/aromatic N) is 1. The van der Waals surface area contributed by atoms with Gasteiger partial charge in [0.1, 0.15) is 0 Å². The van der Waals surface area contributed by atoms with Gasteiger partial charge in [-0.2, -0.15) is 0 Å². The molecule has 2 atom stereocenters. The maximum absolute atomic E-state index is 11.9. The molecule has 1 amide bonds. The number of carbonyl (C=O) groups excluding carboxylic acids is 1. The van der Waals surface area contributed by atoms with Crippen molar-refractivity contribution < 1.29 is 9.53 Å². The second-order valence-corrected chi connectivity index (χ2v) is 4.42. The molecule has 0 bridgehead atoms. The average Bonchev–Trinajstić information content (AvgIpc) is 2.26. The van der Waals surface area contributed by atoms with Gasteiger partial charge in [0.2, 0.25) is 5.91 Å². The molecule has 4 heteroatoms. The van der Waals surface area contributed by atoms with Crippen LogP contribution in [0.5, 0.6) is 0 Å². The van der Waals surface area contributed by atoms with Crippen LogP contribution in [0, 0.1) is 0 Å². The fourth-order valence-electron chi connectivity index (χ4n) is 1.73. The maximum atomic E-state index is 11.9. The summed E-state index contributed by atoms with van der Waals surface area (Å²) in [6.45, 7) is 5.37. The van der Waals surface area contributed by atoms with E-state index < -0.39 is 0 Å². The predicted molar refractivity (Wildman–Crippen MR) is 61.2 cm³/mol. The molecular weight excluding hydrogens is 214 g/mol. The Kier molecular flexibility index (Phi) is 5.40. The van der Waals surface area contributed by atoms with Crippen molar-refractivity contribution in [2.45, 2.75) is 45.3 Å². The summed E-state index contributed by atoms with van der Waals surface area (Å²) in [5.41, 5.74) is 0. The predicted octanol–water partition coefficient (Wildman–Crippen LogP) is 2.03. The summed E-state index contributed by atoms with van der Waals surface area (Å²) in [6, 6.07) is 0.189. The number of carbonyl (C=O) groups is 1. The van der Waals surface area contributed by atoms with Gasteiger partial charge in [0, 0.05) is 13.0 Å². The summed E-state index contributed by atoms with van der Waals surface area (Å²) in [6.07, 6.45) is 2.68. The van der Waals surface area contributed by atoms with Gasteiger partial charge < -0.3 is 9.64 Å². The quantitative estimate of drug-likeness (QED) is 0.696. The monoisotopic (exact) mass is 233 g/mol. The largest absolute Gasteiger partial charge is 0.373 e. The molecule has 3 nitrogen and oxygen atoms in total. The van der Waals surface area contributed by atoms with E-state index in [1.165, 1.54) is 0 Å². The third-order valence-electron chi connectivity index (χ3n) is 2.74. The maximum Gasteiger partial charge on any atom is 0.222 e. The topological polar surface area (TPSA) is 29.5 Å². The van der Waals surface area contributed by atoms with Gasteiger partial charge in [-0.15, -0.1) is 11.6 Å². The molecule has 0 N–H and O–H groups in total. The van der Waals surface area contributed by atoms with Crippen molar-refractivity contribution in [3.63, 3.8) is 0 Å². The van der Waals surface area contributed by atoms with Crippen LogP contribution in [0.2, 0.25) is 0 Å². The highest BCUT2D eigenvalue weighted by Gasteiger charge is 2.28. The van der Waals surface area contributed by atoms with Crippen molar-refractivity contribution >= 4 is 17.5 Å². The van der Waals surface area contributed by atoms with Gasteiger partial charge in [0.05, 0.1) is 24.6 Å². The zero-order valence-corrected chi connectivity index (χ0v) is 10.3. The number of amides is 1. The number of alkyl halides is 1. The number of halogens is 1. The van der Waals surface area contributed by atoms with Crippen molar-refractivity contribution in [3.8, 4) is 0 Å². The lowest BCUT2D eigenvalue weighted by Crippen LogP contribution is -2.51. The Labute approximate surface area is 96.7 Å². The van der Waals surface area contributed by atoms with E-state index in [1.807, 2.05) is 11.8 Å². The lowest BCUT2D eigenvalue weighted by molar-refractivity contribution is -0.143. The van der Waals surface area contributed by atoms with Crippen LogP contribution in [0.4, 0.5) is 0 Å². The zero-order valence-electron chi connectivity index (χ0n) is 9.54. The lowest BCUT2D eigenvalue weighted by atomic mass is 10.1. The Morgan fingerprint density at radius 2 is 2.33 bits per heavy atom. The SMILES string of the molecule is CCCCC(=O)N1CC(CCl)OCC1C. The number of rotatable bonds is 4. The normalized spacial score (nSPS) is 26.7. The van der Waals surface area contributed by atoms with Crippen molar-refractivity contribution in [2.75, 3.05) is 19.0 Å². The number of hydrogen-bond donors (Lipinski definition) is 0. The van der Waals surface area contributed by atoms with Crippen LogP contribution in [-0.4, -0.2) is 42.0 Å². The first-order valence-corrected chi connectivity index (χ1v) is 6.19. The van der Waals surface area contributed by atoms with Gasteiger partial charge in [-0.3, -0.25) is 4.79 Å². The fraction of sp³-hybridized carbons (Fsp3) is 0.909. The van der Waals surface area contributed by atoms with E-state index in [2.05, 4.69) is 6.92 Å². The Morgan fingerprint density at radius 3 is 2.93 bits per heavy atom. The molecule has 1 fully saturated rings. The molecular formula is C11H20ClNO2. The molecule has 0 saturated carbocycles. The van der Waals surface area contributed by atoms with Crippen LogP contribution in [0.1, 0.15) is 33.1 Å². The van der Waals surface area contributed by atoms with Crippen LogP contribution >= 0.6 is 11.6 Å². The Morgan fingerprint density at radius 1 is 1.60 bits per heavy atom. The first kappa shape index (κ1) is 12.8. The molecule has 2 unspecified atom stereocenters. The third kappa shape index (κ3) is 3.65. The molecule has 0 radical (unpaired) electrons. The minimum Gasteiger partial charge on any atom is -0.373 e. The minimum absolute atomic E-state index is 0.00782. The van der Waals surface area contributed by atoms with Crippen molar-refractivity contribution in [2.24, 2.45) is 0 Å². The van der Waals surface area contributed by atoms with Gasteiger partial charge in [-0.25, -0.2) is 0 Å². The first-order valence-electron chi connectivity index (χ1n) is 5.66. The number of morpholine rings is 1. The molecule has 1 heterocycles. The van der Waals surface area contributed by atoms with Gasteiger partial charge in [-0.05, 0) is 13.3 Å². The van der Waals surface area contributed by atoms with E-state index in [-0.39, 0.29) is 18.1 Å². The minimum atomic E-state index is 0.00782. The van der Waals surface area contributed by atoms with E-state index >= 15 is 0 Å². The first-order chi connectivity index (χ1) is 7.19. The van der Waals surface area contributed by atoms with E-state index in [9.17, 15) is 4.79 Å². The molecule has 88 valence electrons. The number of hydrogen-bond acceptors (Lipinski definition) is 2. The lowest BCUT2D eigenvalue weighted by Gasteiger charge is -2.37. The van der Waals surface area contributed by atoms with Crippen LogP contribution in [0.15, 0.2) is 0 Å². The van der Waals surface area contributed by atoms with Crippen LogP contribution in [0.25, 0.3) is 0 Å². The molecule has 0 aromatic rings. The standard InChI is InChI=1S/C11H20ClNO2/c1-3-4-5-11(14)13-7-10(6-12)15-8-9(13)2/h9-10H,3-8H2,1-2H3. The zero-order chi connectivity index (χ0) is 11.3. The van der Waals surface area contributed by atoms with Gasteiger partial charge in [0.15, 0.2) is 0 Å². The summed E-state index contributed by atoms with van der Waals surface area (Å²) in [4.78, 5) is 13.8. The molecule has 1 rings (SSSR count). The summed E-state index contributed by atoms with van der Waals surface area (Å²) in [5.74, 6) is 0.701. The Hall–Kier alpha value is -0.280. The average molecular weight is 234 g/mol. The van der Waals surface area contributed by atoms with Crippen molar-refractivity contribution in [3.05, 3.63) is 0 Å². The molecule has 0 aromatic heterocycles. The molecule has 0 aromatic carbocycles. The molecule has 0 aliphatic carbocycles. The highest BCUT2D eigenvalue weighted by Crippen LogP contribution is 2.14. The smallest absolute Gasteiger partial charge is 0.222 e. The number of unbranched alkanes of at least 4 members (excludes halogenated alkanes) is 1. The molecule has 1 aliphatic heterocycles. The summed E-state index contributed by atoms with van der Waals surface area (Å²) >= 11 is 5.74. The molecule has 0 spiro atoms. The Balaban J connectivity index is 2.46. The highest BCUT2D eigenvalue weighted by molar-refractivity contribution is 6.18. The molecule has 1 aliphatic rings. The molecule has 1 saturated heterocycles. The van der Waals surface area contributed by atoms with E-state index in [0.717, 1.165) is 12.8 Å². The van der Waals surface area contributed by atoms with E-state index in [4.69, 9.17) is 16.3 Å². The second kappa shape index (κ2) is 6.33. The van der Waals surface area contributed by atoms with E-state index in [0.29, 0.717) is 25.5 Å². The van der Waals surface area contributed by atoms with Crippen LogP contribution in [0.3, 0.4) is 0 Å². The second-order valence-electron chi connectivity index (χ2n) is 4.11. The number of ether oxygens (including phenoxy) is 1.